The van der Waals surface area contributed by atoms with Crippen molar-refractivity contribution in [3.63, 3.8) is 0 Å². The third kappa shape index (κ3) is 3.69. The number of rotatable bonds is 6. The Kier molecular flexibility index (Phi) is 5.49. The summed E-state index contributed by atoms with van der Waals surface area (Å²) < 4.78 is 18.6. The van der Waals surface area contributed by atoms with Gasteiger partial charge >= 0.3 is 5.97 Å². The lowest BCUT2D eigenvalue weighted by Gasteiger charge is -2.20. The number of ether oxygens (including phenoxy) is 1. The van der Waals surface area contributed by atoms with Gasteiger partial charge in [0.25, 0.3) is 5.91 Å². The van der Waals surface area contributed by atoms with E-state index in [1.54, 1.807) is 6.92 Å². The molecule has 20 heavy (non-hydrogen) atoms. The smallest absolute Gasteiger partial charge is 0.326 e. The van der Waals surface area contributed by atoms with Gasteiger partial charge in [0.05, 0.1) is 12.7 Å². The fourth-order valence-electron chi connectivity index (χ4n) is 1.71. The summed E-state index contributed by atoms with van der Waals surface area (Å²) in [5.41, 5.74) is -0.208. The molecule has 0 aliphatic heterocycles. The molecule has 0 saturated carbocycles. The van der Waals surface area contributed by atoms with Crippen molar-refractivity contribution in [3.8, 4) is 5.75 Å². The van der Waals surface area contributed by atoms with E-state index in [1.807, 2.05) is 6.92 Å². The molecule has 2 N–H and O–H groups in total. The number of hydrogen-bond donors (Lipinski definition) is 2. The number of halogens is 1. The fourth-order valence-corrected chi connectivity index (χ4v) is 1.71. The number of nitrogens with one attached hydrogen (secondary N) is 1. The average molecular weight is 283 g/mol. The molecule has 0 aliphatic carbocycles. The van der Waals surface area contributed by atoms with Gasteiger partial charge in [-0.3, -0.25) is 4.79 Å². The number of carbonyl (C=O) groups excluding carboxylic acids is 1. The number of aliphatic carboxylic acids is 1. The second-order valence-corrected chi connectivity index (χ2v) is 4.52. The van der Waals surface area contributed by atoms with Crippen molar-refractivity contribution >= 4 is 11.9 Å². The van der Waals surface area contributed by atoms with Gasteiger partial charge in [0, 0.05) is 6.07 Å². The van der Waals surface area contributed by atoms with Gasteiger partial charge in [0.2, 0.25) is 0 Å². The zero-order chi connectivity index (χ0) is 15.3. The zero-order valence-corrected chi connectivity index (χ0v) is 11.6. The van der Waals surface area contributed by atoms with Crippen molar-refractivity contribution in [1.82, 2.24) is 5.32 Å². The highest BCUT2D eigenvalue weighted by molar-refractivity contribution is 5.97. The summed E-state index contributed by atoms with van der Waals surface area (Å²) in [5, 5.41) is 11.4. The third-order valence-corrected chi connectivity index (χ3v) is 3.19. The topological polar surface area (TPSA) is 75.6 Å². The molecule has 1 unspecified atom stereocenters. The van der Waals surface area contributed by atoms with Crippen LogP contribution in [-0.2, 0) is 4.79 Å². The maximum atomic E-state index is 13.7. The Morgan fingerprint density at radius 2 is 2.10 bits per heavy atom. The van der Waals surface area contributed by atoms with E-state index in [2.05, 4.69) is 5.32 Å². The van der Waals surface area contributed by atoms with Crippen molar-refractivity contribution in [1.29, 1.82) is 0 Å². The van der Waals surface area contributed by atoms with Crippen LogP contribution in [0.1, 0.15) is 30.6 Å². The summed E-state index contributed by atoms with van der Waals surface area (Å²) in [6, 6.07) is 2.73. The Balaban J connectivity index is 2.92. The van der Waals surface area contributed by atoms with Gasteiger partial charge in [-0.2, -0.15) is 0 Å². The van der Waals surface area contributed by atoms with E-state index >= 15 is 0 Å². The van der Waals surface area contributed by atoms with Crippen LogP contribution in [-0.4, -0.2) is 30.1 Å². The lowest BCUT2D eigenvalue weighted by molar-refractivity contribution is -0.140. The second kappa shape index (κ2) is 6.88. The summed E-state index contributed by atoms with van der Waals surface area (Å²) in [7, 11) is 1.39. The lowest BCUT2D eigenvalue weighted by atomic mass is 9.99. The summed E-state index contributed by atoms with van der Waals surface area (Å²) >= 11 is 0. The fraction of sp³-hybridized carbons (Fsp3) is 0.429. The maximum absolute atomic E-state index is 13.7. The molecule has 1 rings (SSSR count). The van der Waals surface area contributed by atoms with Crippen LogP contribution < -0.4 is 10.1 Å². The molecule has 0 spiro atoms. The molecular weight excluding hydrogens is 265 g/mol. The van der Waals surface area contributed by atoms with Gasteiger partial charge in [0.1, 0.15) is 17.6 Å². The Hall–Kier alpha value is -2.11. The standard InChI is InChI=1S/C14H18FNO4/c1-4-8(2)12(14(18)19)16-13(17)10-6-5-9(20-3)7-11(10)15/h5-8,12H,4H2,1-3H3,(H,16,17)(H,18,19)/t8?,12-/m0/s1. The van der Waals surface area contributed by atoms with E-state index in [1.165, 1.54) is 19.2 Å². The first kappa shape index (κ1) is 15.9. The first-order chi connectivity index (χ1) is 9.40. The van der Waals surface area contributed by atoms with Crippen LogP contribution in [0.4, 0.5) is 4.39 Å². The van der Waals surface area contributed by atoms with Gasteiger partial charge in [-0.15, -0.1) is 0 Å². The van der Waals surface area contributed by atoms with Crippen molar-refractivity contribution < 1.29 is 23.8 Å². The van der Waals surface area contributed by atoms with E-state index in [0.29, 0.717) is 6.42 Å². The minimum Gasteiger partial charge on any atom is -0.497 e. The molecule has 0 radical (unpaired) electrons. The van der Waals surface area contributed by atoms with E-state index in [9.17, 15) is 14.0 Å². The highest BCUT2D eigenvalue weighted by Gasteiger charge is 2.26. The van der Waals surface area contributed by atoms with Crippen LogP contribution in [0, 0.1) is 11.7 Å². The summed E-state index contributed by atoms with van der Waals surface area (Å²) in [5.74, 6) is -2.61. The molecule has 0 heterocycles. The lowest BCUT2D eigenvalue weighted by Crippen LogP contribution is -2.45. The molecule has 0 aliphatic rings. The minimum absolute atomic E-state index is 0.208. The molecule has 1 aromatic carbocycles. The van der Waals surface area contributed by atoms with Gasteiger partial charge < -0.3 is 15.2 Å². The Morgan fingerprint density at radius 3 is 2.55 bits per heavy atom. The molecule has 1 amide bonds. The van der Waals surface area contributed by atoms with E-state index in [-0.39, 0.29) is 17.2 Å². The number of benzene rings is 1. The van der Waals surface area contributed by atoms with Crippen LogP contribution in [0.5, 0.6) is 5.75 Å². The molecule has 110 valence electrons. The Bertz CT molecular complexity index is 504. The largest absolute Gasteiger partial charge is 0.497 e. The third-order valence-electron chi connectivity index (χ3n) is 3.19. The highest BCUT2D eigenvalue weighted by atomic mass is 19.1. The second-order valence-electron chi connectivity index (χ2n) is 4.52. The molecular formula is C14H18FNO4. The molecule has 1 aromatic rings. The van der Waals surface area contributed by atoms with Crippen molar-refractivity contribution in [2.75, 3.05) is 7.11 Å². The summed E-state index contributed by atoms with van der Waals surface area (Å²) in [4.78, 5) is 23.1. The first-order valence-electron chi connectivity index (χ1n) is 6.27. The van der Waals surface area contributed by atoms with E-state index in [0.717, 1.165) is 6.07 Å². The molecule has 0 saturated heterocycles. The quantitative estimate of drug-likeness (QED) is 0.838. The van der Waals surface area contributed by atoms with Gasteiger partial charge in [-0.1, -0.05) is 20.3 Å². The van der Waals surface area contributed by atoms with Crippen molar-refractivity contribution in [2.24, 2.45) is 5.92 Å². The molecule has 2 atom stereocenters. The van der Waals surface area contributed by atoms with Gasteiger partial charge in [0.15, 0.2) is 0 Å². The summed E-state index contributed by atoms with van der Waals surface area (Å²) in [6.07, 6.45) is 0.586. The van der Waals surface area contributed by atoms with Crippen LogP contribution in [0.2, 0.25) is 0 Å². The van der Waals surface area contributed by atoms with Crippen LogP contribution in [0.15, 0.2) is 18.2 Å². The Labute approximate surface area is 116 Å². The first-order valence-corrected chi connectivity index (χ1v) is 6.27. The van der Waals surface area contributed by atoms with Gasteiger partial charge in [-0.05, 0) is 18.1 Å². The SMILES string of the molecule is CCC(C)[C@H](NC(=O)c1ccc(OC)cc1F)C(=O)O. The van der Waals surface area contributed by atoms with Crippen molar-refractivity contribution in [3.05, 3.63) is 29.6 Å². The van der Waals surface area contributed by atoms with Crippen LogP contribution >= 0.6 is 0 Å². The van der Waals surface area contributed by atoms with Crippen LogP contribution in [0.25, 0.3) is 0 Å². The van der Waals surface area contributed by atoms with E-state index < -0.39 is 23.7 Å². The van der Waals surface area contributed by atoms with Gasteiger partial charge in [-0.25, -0.2) is 9.18 Å². The normalized spacial score (nSPS) is 13.4. The molecule has 6 heteroatoms. The highest BCUT2D eigenvalue weighted by Crippen LogP contribution is 2.17. The zero-order valence-electron chi connectivity index (χ0n) is 11.6. The number of hydrogen-bond acceptors (Lipinski definition) is 3. The number of methoxy groups -OCH3 is 1. The molecule has 0 bridgehead atoms. The maximum Gasteiger partial charge on any atom is 0.326 e. The Morgan fingerprint density at radius 1 is 1.45 bits per heavy atom. The minimum atomic E-state index is -1.14. The number of amides is 1. The van der Waals surface area contributed by atoms with Crippen LogP contribution in [0.3, 0.4) is 0 Å². The monoisotopic (exact) mass is 283 g/mol. The predicted molar refractivity (Wildman–Crippen MR) is 71.3 cm³/mol. The van der Waals surface area contributed by atoms with Crippen molar-refractivity contribution in [2.45, 2.75) is 26.3 Å². The average Bonchev–Trinajstić information content (AvgIpc) is 2.43. The molecule has 5 nitrogen and oxygen atoms in total. The number of carboxylic acid groups (broad SMARTS) is 1. The molecule has 0 fully saturated rings. The number of carbonyl (C=O) groups is 2. The molecule has 0 aromatic heterocycles. The summed E-state index contributed by atoms with van der Waals surface area (Å²) in [6.45, 7) is 3.53. The van der Waals surface area contributed by atoms with E-state index in [4.69, 9.17) is 9.84 Å². The number of carboxylic acids is 1. The predicted octanol–water partition coefficient (Wildman–Crippen LogP) is 2.06.